The molecule has 0 aromatic heterocycles. The van der Waals surface area contributed by atoms with Crippen LogP contribution in [0.2, 0.25) is 0 Å². The van der Waals surface area contributed by atoms with Crippen molar-refractivity contribution in [3.63, 3.8) is 0 Å². The van der Waals surface area contributed by atoms with Gasteiger partial charge in [-0.05, 0) is 30.7 Å². The predicted molar refractivity (Wildman–Crippen MR) is 68.6 cm³/mol. The van der Waals surface area contributed by atoms with Crippen molar-refractivity contribution >= 4 is 0 Å². The molecule has 0 aliphatic rings. The summed E-state index contributed by atoms with van der Waals surface area (Å²) in [6.45, 7) is 11.5. The van der Waals surface area contributed by atoms with Crippen LogP contribution in [0.15, 0.2) is 36.2 Å². The Bertz CT molecular complexity index is 239. The maximum atomic E-state index is 4.03. The van der Waals surface area contributed by atoms with Gasteiger partial charge in [-0.1, -0.05) is 32.9 Å². The summed E-state index contributed by atoms with van der Waals surface area (Å²) >= 11 is 0. The van der Waals surface area contributed by atoms with Crippen molar-refractivity contribution in [2.24, 2.45) is 5.92 Å². The number of nitrogens with one attached hydrogen (secondary N) is 2. The highest BCUT2D eigenvalue weighted by molar-refractivity contribution is 5.36. The fourth-order valence-electron chi connectivity index (χ4n) is 1.09. The van der Waals surface area contributed by atoms with Crippen LogP contribution in [0, 0.1) is 5.92 Å². The van der Waals surface area contributed by atoms with Crippen LogP contribution in [-0.2, 0) is 0 Å². The van der Waals surface area contributed by atoms with Gasteiger partial charge in [-0.25, -0.2) is 0 Å². The summed E-state index contributed by atoms with van der Waals surface area (Å²) in [4.78, 5) is 0. The summed E-state index contributed by atoms with van der Waals surface area (Å²) in [5.41, 5.74) is 2.12. The van der Waals surface area contributed by atoms with Gasteiger partial charge in [-0.2, -0.15) is 0 Å². The van der Waals surface area contributed by atoms with E-state index in [0.717, 1.165) is 17.8 Å². The number of allylic oxidation sites excluding steroid dienone is 2. The van der Waals surface area contributed by atoms with Crippen molar-refractivity contribution in [1.82, 2.24) is 10.6 Å². The minimum absolute atomic E-state index is 0.688. The zero-order valence-electron chi connectivity index (χ0n) is 10.4. The molecule has 0 bridgehead atoms. The van der Waals surface area contributed by atoms with Crippen LogP contribution < -0.4 is 10.6 Å². The first-order chi connectivity index (χ1) is 7.15. The van der Waals surface area contributed by atoms with Crippen LogP contribution in [-0.4, -0.2) is 13.6 Å². The Morgan fingerprint density at radius 3 is 2.60 bits per heavy atom. The maximum Gasteiger partial charge on any atom is 0.0338 e. The van der Waals surface area contributed by atoms with Gasteiger partial charge in [0.15, 0.2) is 0 Å². The van der Waals surface area contributed by atoms with Crippen LogP contribution in [0.3, 0.4) is 0 Å². The molecule has 0 fully saturated rings. The van der Waals surface area contributed by atoms with Crippen molar-refractivity contribution in [1.29, 1.82) is 0 Å². The molecule has 0 rings (SSSR count). The highest BCUT2D eigenvalue weighted by Crippen LogP contribution is 2.07. The van der Waals surface area contributed by atoms with E-state index in [1.54, 1.807) is 0 Å². The van der Waals surface area contributed by atoms with Crippen molar-refractivity contribution in [3.8, 4) is 0 Å². The summed E-state index contributed by atoms with van der Waals surface area (Å²) in [6, 6.07) is 0. The molecular weight excluding hydrogens is 184 g/mol. The van der Waals surface area contributed by atoms with E-state index in [4.69, 9.17) is 0 Å². The molecule has 1 unspecified atom stereocenters. The monoisotopic (exact) mass is 208 g/mol. The summed E-state index contributed by atoms with van der Waals surface area (Å²) in [7, 11) is 1.89. The minimum atomic E-state index is 0.688. The normalized spacial score (nSPS) is 14.0. The topological polar surface area (TPSA) is 24.1 Å². The molecule has 0 saturated carbocycles. The van der Waals surface area contributed by atoms with Crippen molar-refractivity contribution in [2.75, 3.05) is 13.6 Å². The van der Waals surface area contributed by atoms with Crippen LogP contribution in [0.5, 0.6) is 0 Å². The first-order valence-electron chi connectivity index (χ1n) is 5.58. The Morgan fingerprint density at radius 2 is 2.13 bits per heavy atom. The quantitative estimate of drug-likeness (QED) is 0.629. The molecule has 0 aliphatic carbocycles. The second-order valence-electron chi connectivity index (χ2n) is 3.74. The lowest BCUT2D eigenvalue weighted by Gasteiger charge is -2.14. The fourth-order valence-corrected chi connectivity index (χ4v) is 1.09. The van der Waals surface area contributed by atoms with Crippen LogP contribution in [0.25, 0.3) is 0 Å². The van der Waals surface area contributed by atoms with Crippen LogP contribution in [0.1, 0.15) is 27.2 Å². The summed E-state index contributed by atoms with van der Waals surface area (Å²) in [5, 5.41) is 6.32. The molecule has 0 aliphatic heterocycles. The fraction of sp³-hybridized carbons (Fsp3) is 0.538. The molecule has 2 nitrogen and oxygen atoms in total. The van der Waals surface area contributed by atoms with Gasteiger partial charge in [0.25, 0.3) is 0 Å². The lowest BCUT2D eigenvalue weighted by atomic mass is 10.1. The predicted octanol–water partition coefficient (Wildman–Crippen LogP) is 2.82. The smallest absolute Gasteiger partial charge is 0.0338 e. The van der Waals surface area contributed by atoms with E-state index in [1.165, 1.54) is 6.42 Å². The molecule has 2 heteroatoms. The summed E-state index contributed by atoms with van der Waals surface area (Å²) in [5.74, 6) is 0.688. The zero-order valence-corrected chi connectivity index (χ0v) is 10.4. The van der Waals surface area contributed by atoms with E-state index < -0.39 is 0 Å². The van der Waals surface area contributed by atoms with Crippen molar-refractivity contribution < 1.29 is 0 Å². The Balaban J connectivity index is 4.12. The van der Waals surface area contributed by atoms with E-state index in [1.807, 2.05) is 26.2 Å². The molecule has 1 atom stereocenters. The lowest BCUT2D eigenvalue weighted by molar-refractivity contribution is 0.532. The Morgan fingerprint density at radius 1 is 1.47 bits per heavy atom. The molecule has 0 saturated heterocycles. The van der Waals surface area contributed by atoms with Gasteiger partial charge < -0.3 is 10.6 Å². The average molecular weight is 208 g/mol. The molecule has 0 heterocycles. The highest BCUT2D eigenvalue weighted by atomic mass is 14.9. The van der Waals surface area contributed by atoms with Gasteiger partial charge in [0.2, 0.25) is 0 Å². The second kappa shape index (κ2) is 8.16. The molecular formula is C13H24N2. The number of hydrogen-bond acceptors (Lipinski definition) is 2. The Kier molecular flexibility index (Phi) is 7.51. The largest absolute Gasteiger partial charge is 0.394 e. The maximum absolute atomic E-state index is 4.03. The minimum Gasteiger partial charge on any atom is -0.394 e. The van der Waals surface area contributed by atoms with Crippen LogP contribution >= 0.6 is 0 Å². The second-order valence-corrected chi connectivity index (χ2v) is 3.74. The average Bonchev–Trinajstić information content (AvgIpc) is 2.26. The number of hydrogen-bond donors (Lipinski definition) is 2. The Hall–Kier alpha value is -1.18. The molecule has 0 aromatic rings. The van der Waals surface area contributed by atoms with E-state index in [2.05, 4.69) is 37.1 Å². The molecule has 0 aromatic carbocycles. The van der Waals surface area contributed by atoms with Gasteiger partial charge in [-0.3, -0.25) is 0 Å². The summed E-state index contributed by atoms with van der Waals surface area (Å²) in [6.07, 6.45) is 7.18. The molecule has 0 amide bonds. The third-order valence-electron chi connectivity index (χ3n) is 2.45. The number of rotatable bonds is 7. The molecule has 0 radical (unpaired) electrons. The van der Waals surface area contributed by atoms with E-state index in [9.17, 15) is 0 Å². The summed E-state index contributed by atoms with van der Waals surface area (Å²) < 4.78 is 0. The third-order valence-corrected chi connectivity index (χ3v) is 2.45. The van der Waals surface area contributed by atoms with Crippen LogP contribution in [0.4, 0.5) is 0 Å². The van der Waals surface area contributed by atoms with Crippen molar-refractivity contribution in [2.45, 2.75) is 27.2 Å². The van der Waals surface area contributed by atoms with E-state index >= 15 is 0 Å². The third kappa shape index (κ3) is 6.00. The van der Waals surface area contributed by atoms with Gasteiger partial charge in [0.05, 0.1) is 0 Å². The molecule has 86 valence electrons. The Labute approximate surface area is 94.1 Å². The molecule has 0 spiro atoms. The lowest BCUT2D eigenvalue weighted by Crippen LogP contribution is -2.20. The standard InChI is InChI=1S/C13H24N2/c1-6-11(3)10-15-12(4)13(7-2)8-9-14-5/h7-9,11,14-15H,4,6,10H2,1-3,5H3/b9-8-,13-7+. The van der Waals surface area contributed by atoms with E-state index in [-0.39, 0.29) is 0 Å². The van der Waals surface area contributed by atoms with Gasteiger partial charge in [0, 0.05) is 19.3 Å². The highest BCUT2D eigenvalue weighted by Gasteiger charge is 2.01. The van der Waals surface area contributed by atoms with Crippen molar-refractivity contribution in [3.05, 3.63) is 36.2 Å². The van der Waals surface area contributed by atoms with Gasteiger partial charge in [-0.15, -0.1) is 0 Å². The SMILES string of the molecule is C=C(NCC(C)CC)C(/C=C\NC)=C/C. The molecule has 2 N–H and O–H groups in total. The van der Waals surface area contributed by atoms with Gasteiger partial charge >= 0.3 is 0 Å². The first kappa shape index (κ1) is 13.8. The zero-order chi connectivity index (χ0) is 11.7. The first-order valence-corrected chi connectivity index (χ1v) is 5.58. The molecule has 15 heavy (non-hydrogen) atoms. The van der Waals surface area contributed by atoms with E-state index in [0.29, 0.717) is 5.92 Å². The van der Waals surface area contributed by atoms with Gasteiger partial charge in [0.1, 0.15) is 0 Å².